The number of amides is 1. The van der Waals surface area contributed by atoms with Crippen LogP contribution in [0.2, 0.25) is 0 Å². The van der Waals surface area contributed by atoms with Gasteiger partial charge in [-0.25, -0.2) is 4.98 Å². The molecule has 0 saturated carbocycles. The Hall–Kier alpha value is -3.13. The van der Waals surface area contributed by atoms with Crippen LogP contribution in [0.15, 0.2) is 48.7 Å². The lowest BCUT2D eigenvalue weighted by Crippen LogP contribution is -2.16. The maximum absolute atomic E-state index is 12.6. The molecule has 2 aromatic heterocycles. The topological polar surface area (TPSA) is 70.2 Å². The van der Waals surface area contributed by atoms with Crippen molar-refractivity contribution < 1.29 is 4.79 Å². The quantitative estimate of drug-likeness (QED) is 0.806. The molecule has 5 heteroatoms. The monoisotopic (exact) mass is 290 g/mol. The second kappa shape index (κ2) is 5.70. The molecular weight excluding hydrogens is 276 g/mol. The molecule has 2 heterocycles. The molecule has 0 aliphatic heterocycles. The summed E-state index contributed by atoms with van der Waals surface area (Å²) >= 11 is 0. The highest BCUT2D eigenvalue weighted by molar-refractivity contribution is 6.04. The van der Waals surface area contributed by atoms with Crippen molar-refractivity contribution >= 4 is 17.2 Å². The van der Waals surface area contributed by atoms with Crippen LogP contribution in [-0.2, 0) is 6.42 Å². The van der Waals surface area contributed by atoms with Gasteiger partial charge in [0, 0.05) is 11.9 Å². The molecule has 0 aliphatic rings. The molecular formula is C17H14N4O. The van der Waals surface area contributed by atoms with E-state index in [1.807, 2.05) is 31.3 Å². The predicted octanol–water partition coefficient (Wildman–Crippen LogP) is 3.02. The van der Waals surface area contributed by atoms with Crippen LogP contribution in [0, 0.1) is 11.3 Å². The number of pyridine rings is 1. The number of aromatic nitrogens is 2. The van der Waals surface area contributed by atoms with Gasteiger partial charge in [-0.05, 0) is 36.8 Å². The average Bonchev–Trinajstić information content (AvgIpc) is 2.93. The second-order valence-electron chi connectivity index (χ2n) is 4.84. The van der Waals surface area contributed by atoms with Crippen LogP contribution in [-0.4, -0.2) is 15.3 Å². The molecule has 0 aliphatic carbocycles. The number of rotatable bonds is 3. The molecule has 3 rings (SSSR count). The molecule has 3 aromatic rings. The molecule has 22 heavy (non-hydrogen) atoms. The maximum Gasteiger partial charge on any atom is 0.274 e. The highest BCUT2D eigenvalue weighted by Gasteiger charge is 2.18. The van der Waals surface area contributed by atoms with Gasteiger partial charge in [0.1, 0.15) is 11.3 Å². The number of aryl methyl sites for hydroxylation is 1. The summed E-state index contributed by atoms with van der Waals surface area (Å²) in [6.07, 6.45) is 2.49. The minimum Gasteiger partial charge on any atom is -0.321 e. The molecule has 0 atom stereocenters. The summed E-state index contributed by atoms with van der Waals surface area (Å²) in [6, 6.07) is 14.5. The van der Waals surface area contributed by atoms with E-state index in [9.17, 15) is 4.79 Å². The van der Waals surface area contributed by atoms with E-state index in [0.717, 1.165) is 11.3 Å². The van der Waals surface area contributed by atoms with E-state index in [4.69, 9.17) is 5.26 Å². The van der Waals surface area contributed by atoms with Crippen molar-refractivity contribution in [1.29, 1.82) is 5.26 Å². The number of hydrogen-bond donors (Lipinski definition) is 1. The van der Waals surface area contributed by atoms with E-state index in [-0.39, 0.29) is 5.91 Å². The van der Waals surface area contributed by atoms with Gasteiger partial charge in [0.05, 0.1) is 17.3 Å². The van der Waals surface area contributed by atoms with Crippen LogP contribution in [0.25, 0.3) is 5.65 Å². The standard InChI is InChI=1S/C17H14N4O/c1-2-14-16(21-9-4-3-8-15(21)20-14)17(22)19-13-7-5-6-12(10-13)11-18/h3-10H,2H2,1H3,(H,19,22). The average molecular weight is 290 g/mol. The summed E-state index contributed by atoms with van der Waals surface area (Å²) in [5.41, 5.74) is 3.12. The molecule has 5 nitrogen and oxygen atoms in total. The Morgan fingerprint density at radius 2 is 2.18 bits per heavy atom. The number of hydrogen-bond acceptors (Lipinski definition) is 3. The molecule has 108 valence electrons. The normalized spacial score (nSPS) is 10.4. The third kappa shape index (κ3) is 2.42. The zero-order valence-electron chi connectivity index (χ0n) is 12.1. The number of benzene rings is 1. The van der Waals surface area contributed by atoms with E-state index >= 15 is 0 Å². The van der Waals surface area contributed by atoms with Crippen molar-refractivity contribution in [2.24, 2.45) is 0 Å². The number of carbonyl (C=O) groups is 1. The fourth-order valence-corrected chi connectivity index (χ4v) is 2.39. The van der Waals surface area contributed by atoms with Gasteiger partial charge >= 0.3 is 0 Å². The minimum absolute atomic E-state index is 0.231. The van der Waals surface area contributed by atoms with Crippen molar-refractivity contribution in [3.8, 4) is 6.07 Å². The first-order chi connectivity index (χ1) is 10.7. The Labute approximate surface area is 127 Å². The largest absolute Gasteiger partial charge is 0.321 e. The van der Waals surface area contributed by atoms with Gasteiger partial charge in [-0.3, -0.25) is 9.20 Å². The van der Waals surface area contributed by atoms with E-state index in [1.54, 1.807) is 28.7 Å². The van der Waals surface area contributed by atoms with Gasteiger partial charge in [-0.2, -0.15) is 5.26 Å². The van der Waals surface area contributed by atoms with Crippen molar-refractivity contribution in [2.45, 2.75) is 13.3 Å². The Balaban J connectivity index is 2.00. The van der Waals surface area contributed by atoms with Crippen molar-refractivity contribution in [3.05, 3.63) is 65.6 Å². The SMILES string of the molecule is CCc1nc2ccccn2c1C(=O)Nc1cccc(C#N)c1. The van der Waals surface area contributed by atoms with Gasteiger partial charge in [-0.15, -0.1) is 0 Å². The highest BCUT2D eigenvalue weighted by Crippen LogP contribution is 2.16. The minimum atomic E-state index is -0.231. The summed E-state index contributed by atoms with van der Waals surface area (Å²) in [4.78, 5) is 17.1. The number of nitrogens with zero attached hydrogens (tertiary/aromatic N) is 3. The number of nitrogens with one attached hydrogen (secondary N) is 1. The number of fused-ring (bicyclic) bond motifs is 1. The van der Waals surface area contributed by atoms with Gasteiger partial charge in [0.15, 0.2) is 0 Å². The van der Waals surface area contributed by atoms with Crippen molar-refractivity contribution in [3.63, 3.8) is 0 Å². The lowest BCUT2D eigenvalue weighted by molar-refractivity contribution is 0.102. The van der Waals surface area contributed by atoms with Crippen LogP contribution >= 0.6 is 0 Å². The van der Waals surface area contributed by atoms with E-state index in [2.05, 4.69) is 16.4 Å². The van der Waals surface area contributed by atoms with Gasteiger partial charge in [0.25, 0.3) is 5.91 Å². The van der Waals surface area contributed by atoms with E-state index in [1.165, 1.54) is 0 Å². The zero-order chi connectivity index (χ0) is 15.5. The van der Waals surface area contributed by atoms with Crippen LogP contribution in [0.5, 0.6) is 0 Å². The molecule has 1 aromatic carbocycles. The molecule has 0 radical (unpaired) electrons. The first-order valence-corrected chi connectivity index (χ1v) is 7.00. The molecule has 0 saturated heterocycles. The second-order valence-corrected chi connectivity index (χ2v) is 4.84. The Kier molecular flexibility index (Phi) is 3.58. The van der Waals surface area contributed by atoms with Crippen LogP contribution in [0.4, 0.5) is 5.69 Å². The number of anilines is 1. The van der Waals surface area contributed by atoms with Gasteiger partial charge in [-0.1, -0.05) is 19.1 Å². The number of nitriles is 1. The Morgan fingerprint density at radius 1 is 1.32 bits per heavy atom. The van der Waals surface area contributed by atoms with Crippen molar-refractivity contribution in [2.75, 3.05) is 5.32 Å². The van der Waals surface area contributed by atoms with Gasteiger partial charge in [0.2, 0.25) is 0 Å². The number of carbonyl (C=O) groups excluding carboxylic acids is 1. The predicted molar refractivity (Wildman–Crippen MR) is 83.7 cm³/mol. The van der Waals surface area contributed by atoms with Gasteiger partial charge < -0.3 is 5.32 Å². The lowest BCUT2D eigenvalue weighted by Gasteiger charge is -2.06. The van der Waals surface area contributed by atoms with Crippen molar-refractivity contribution in [1.82, 2.24) is 9.38 Å². The lowest BCUT2D eigenvalue weighted by atomic mass is 10.2. The smallest absolute Gasteiger partial charge is 0.274 e. The van der Waals surface area contributed by atoms with Crippen LogP contribution < -0.4 is 5.32 Å². The molecule has 1 N–H and O–H groups in total. The third-order valence-corrected chi connectivity index (χ3v) is 3.40. The van der Waals surface area contributed by atoms with E-state index < -0.39 is 0 Å². The molecule has 0 spiro atoms. The summed E-state index contributed by atoms with van der Waals surface area (Å²) < 4.78 is 1.78. The van der Waals surface area contributed by atoms with Crippen LogP contribution in [0.1, 0.15) is 28.7 Å². The van der Waals surface area contributed by atoms with E-state index in [0.29, 0.717) is 23.4 Å². The number of imidazole rings is 1. The molecule has 0 unspecified atom stereocenters. The first-order valence-electron chi connectivity index (χ1n) is 7.00. The zero-order valence-corrected chi connectivity index (χ0v) is 12.1. The fraction of sp³-hybridized carbons (Fsp3) is 0.118. The third-order valence-electron chi connectivity index (χ3n) is 3.40. The summed E-state index contributed by atoms with van der Waals surface area (Å²) in [5.74, 6) is -0.231. The van der Waals surface area contributed by atoms with Crippen LogP contribution in [0.3, 0.4) is 0 Å². The first kappa shape index (κ1) is 13.8. The summed E-state index contributed by atoms with van der Waals surface area (Å²) in [5, 5.41) is 11.8. The maximum atomic E-state index is 12.6. The Bertz CT molecular complexity index is 889. The fourth-order valence-electron chi connectivity index (χ4n) is 2.39. The Morgan fingerprint density at radius 3 is 2.95 bits per heavy atom. The summed E-state index contributed by atoms with van der Waals surface area (Å²) in [6.45, 7) is 1.97. The highest BCUT2D eigenvalue weighted by atomic mass is 16.2. The molecule has 0 bridgehead atoms. The molecule has 1 amide bonds. The summed E-state index contributed by atoms with van der Waals surface area (Å²) in [7, 11) is 0. The molecule has 0 fully saturated rings.